The lowest BCUT2D eigenvalue weighted by molar-refractivity contribution is -0.115. The molecule has 0 aromatic carbocycles. The number of rotatable bonds is 5. The zero-order valence-electron chi connectivity index (χ0n) is 10.1. The van der Waals surface area contributed by atoms with E-state index < -0.39 is 17.8 Å². The normalized spacial score (nSPS) is 10.0. The molecule has 2 amide bonds. The Morgan fingerprint density at radius 2 is 2.05 bits per heavy atom. The van der Waals surface area contributed by atoms with E-state index in [1.807, 2.05) is 0 Å². The van der Waals surface area contributed by atoms with Gasteiger partial charge in [0, 0.05) is 0 Å². The van der Waals surface area contributed by atoms with E-state index in [4.69, 9.17) is 9.52 Å². The monoisotopic (exact) mass is 294 g/mol. The molecule has 0 atom stereocenters. The van der Waals surface area contributed by atoms with E-state index in [9.17, 15) is 14.4 Å². The Hall–Kier alpha value is -2.61. The van der Waals surface area contributed by atoms with Crippen LogP contribution >= 0.6 is 11.3 Å². The molecule has 2 heterocycles. The Morgan fingerprint density at radius 3 is 2.65 bits per heavy atom. The molecule has 2 aromatic heterocycles. The molecule has 0 radical (unpaired) electrons. The molecule has 20 heavy (non-hydrogen) atoms. The van der Waals surface area contributed by atoms with Crippen LogP contribution in [0, 0.1) is 0 Å². The smallest absolute Gasteiger partial charge is 0.345 e. The maximum Gasteiger partial charge on any atom is 0.345 e. The highest BCUT2D eigenvalue weighted by Crippen LogP contribution is 2.21. The van der Waals surface area contributed by atoms with Crippen molar-refractivity contribution in [3.8, 4) is 0 Å². The summed E-state index contributed by atoms with van der Waals surface area (Å²) in [6.07, 6.45) is 1.36. The fourth-order valence-corrected chi connectivity index (χ4v) is 2.12. The van der Waals surface area contributed by atoms with E-state index in [1.165, 1.54) is 24.5 Å². The molecule has 0 saturated carbocycles. The van der Waals surface area contributed by atoms with Crippen molar-refractivity contribution < 1.29 is 23.9 Å². The Bertz CT molecular complexity index is 632. The fourth-order valence-electron chi connectivity index (χ4n) is 1.36. The van der Waals surface area contributed by atoms with E-state index in [1.54, 1.807) is 6.07 Å². The summed E-state index contributed by atoms with van der Waals surface area (Å²) in [6, 6.07) is 5.92. The van der Waals surface area contributed by atoms with E-state index in [-0.39, 0.29) is 17.2 Å². The van der Waals surface area contributed by atoms with Crippen LogP contribution in [0.1, 0.15) is 20.2 Å². The first-order valence-electron chi connectivity index (χ1n) is 5.51. The number of carboxylic acids is 1. The molecule has 0 bridgehead atoms. The predicted molar refractivity (Wildman–Crippen MR) is 70.9 cm³/mol. The van der Waals surface area contributed by atoms with Gasteiger partial charge >= 0.3 is 5.97 Å². The quantitative estimate of drug-likeness (QED) is 0.772. The number of carboxylic acid groups (broad SMARTS) is 1. The number of carbonyl (C=O) groups is 3. The van der Waals surface area contributed by atoms with Crippen LogP contribution in [0.25, 0.3) is 0 Å². The first-order valence-corrected chi connectivity index (χ1v) is 6.32. The number of amides is 2. The molecule has 3 N–H and O–H groups in total. The second kappa shape index (κ2) is 6.02. The number of hydrogen-bond donors (Lipinski definition) is 3. The Kier molecular flexibility index (Phi) is 4.16. The molecule has 0 aliphatic rings. The highest BCUT2D eigenvalue weighted by Gasteiger charge is 2.12. The minimum absolute atomic E-state index is 0.113. The van der Waals surface area contributed by atoms with Crippen molar-refractivity contribution in [3.05, 3.63) is 41.2 Å². The van der Waals surface area contributed by atoms with Gasteiger partial charge in [0.2, 0.25) is 5.91 Å². The third-order valence-corrected chi connectivity index (χ3v) is 3.22. The van der Waals surface area contributed by atoms with Gasteiger partial charge in [-0.2, -0.15) is 0 Å². The highest BCUT2D eigenvalue weighted by molar-refractivity contribution is 7.18. The van der Waals surface area contributed by atoms with Gasteiger partial charge < -0.3 is 20.2 Å². The number of aromatic carboxylic acids is 1. The van der Waals surface area contributed by atoms with Crippen LogP contribution in [0.3, 0.4) is 0 Å². The minimum atomic E-state index is -1.05. The van der Waals surface area contributed by atoms with Crippen LogP contribution < -0.4 is 10.6 Å². The summed E-state index contributed by atoms with van der Waals surface area (Å²) < 4.78 is 4.87. The lowest BCUT2D eigenvalue weighted by Crippen LogP contribution is -2.32. The summed E-state index contributed by atoms with van der Waals surface area (Å²) in [4.78, 5) is 33.9. The molecule has 7 nitrogen and oxygen atoms in total. The molecule has 0 aliphatic carbocycles. The third kappa shape index (κ3) is 3.45. The van der Waals surface area contributed by atoms with Crippen molar-refractivity contribution in [1.29, 1.82) is 0 Å². The van der Waals surface area contributed by atoms with Crippen LogP contribution in [0.15, 0.2) is 34.9 Å². The van der Waals surface area contributed by atoms with Crippen molar-refractivity contribution in [2.75, 3.05) is 11.9 Å². The van der Waals surface area contributed by atoms with Gasteiger partial charge in [-0.1, -0.05) is 0 Å². The number of carbonyl (C=O) groups excluding carboxylic acids is 2. The molecule has 2 aromatic rings. The highest BCUT2D eigenvalue weighted by atomic mass is 32.1. The van der Waals surface area contributed by atoms with Crippen LogP contribution in [-0.4, -0.2) is 29.4 Å². The summed E-state index contributed by atoms with van der Waals surface area (Å²) in [6.45, 7) is -0.236. The van der Waals surface area contributed by atoms with Crippen molar-refractivity contribution in [3.63, 3.8) is 0 Å². The second-order valence-corrected chi connectivity index (χ2v) is 4.76. The molecule has 0 aliphatic heterocycles. The molecule has 2 rings (SSSR count). The summed E-state index contributed by atoms with van der Waals surface area (Å²) in [5, 5.41) is 14.0. The Labute approximate surface area is 117 Å². The maximum absolute atomic E-state index is 11.6. The maximum atomic E-state index is 11.6. The summed E-state index contributed by atoms with van der Waals surface area (Å²) >= 11 is 0.939. The van der Waals surface area contributed by atoms with Gasteiger partial charge in [0.15, 0.2) is 5.76 Å². The number of anilines is 1. The van der Waals surface area contributed by atoms with E-state index in [2.05, 4.69) is 10.6 Å². The molecular formula is C12H10N2O5S. The largest absolute Gasteiger partial charge is 0.477 e. The van der Waals surface area contributed by atoms with Gasteiger partial charge in [0.05, 0.1) is 17.8 Å². The molecular weight excluding hydrogens is 284 g/mol. The van der Waals surface area contributed by atoms with Gasteiger partial charge in [-0.05, 0) is 24.3 Å². The third-order valence-electron chi connectivity index (χ3n) is 2.23. The standard InChI is InChI=1S/C12H10N2O5S/c15-9(6-13-11(16)7-2-1-5-19-7)14-10-4-3-8(20-10)12(17)18/h1-5H,6H2,(H,13,16)(H,14,15)(H,17,18). The summed E-state index contributed by atoms with van der Waals surface area (Å²) in [7, 11) is 0. The molecule has 104 valence electrons. The number of nitrogens with one attached hydrogen (secondary N) is 2. The first kappa shape index (κ1) is 13.8. The van der Waals surface area contributed by atoms with Crippen LogP contribution in [0.4, 0.5) is 5.00 Å². The molecule has 0 spiro atoms. The van der Waals surface area contributed by atoms with Crippen molar-refractivity contribution in [2.24, 2.45) is 0 Å². The lowest BCUT2D eigenvalue weighted by atomic mass is 10.4. The molecule has 0 saturated heterocycles. The van der Waals surface area contributed by atoms with Crippen molar-refractivity contribution in [2.45, 2.75) is 0 Å². The number of thiophene rings is 1. The van der Waals surface area contributed by atoms with Crippen LogP contribution in [0.5, 0.6) is 0 Å². The van der Waals surface area contributed by atoms with Crippen LogP contribution in [-0.2, 0) is 4.79 Å². The van der Waals surface area contributed by atoms with Crippen molar-refractivity contribution in [1.82, 2.24) is 5.32 Å². The van der Waals surface area contributed by atoms with E-state index >= 15 is 0 Å². The zero-order valence-corrected chi connectivity index (χ0v) is 10.9. The van der Waals surface area contributed by atoms with Gasteiger partial charge in [0.1, 0.15) is 4.88 Å². The Morgan fingerprint density at radius 1 is 1.25 bits per heavy atom. The van der Waals surface area contributed by atoms with Gasteiger partial charge in [-0.25, -0.2) is 4.79 Å². The summed E-state index contributed by atoms with van der Waals surface area (Å²) in [5.41, 5.74) is 0. The molecule has 8 heteroatoms. The molecule has 0 unspecified atom stereocenters. The van der Waals surface area contributed by atoms with Gasteiger partial charge in [-0.3, -0.25) is 9.59 Å². The predicted octanol–water partition coefficient (Wildman–Crippen LogP) is 1.41. The Balaban J connectivity index is 1.83. The second-order valence-electron chi connectivity index (χ2n) is 3.68. The van der Waals surface area contributed by atoms with E-state index in [0.29, 0.717) is 5.00 Å². The van der Waals surface area contributed by atoms with Crippen molar-refractivity contribution >= 4 is 34.1 Å². The van der Waals surface area contributed by atoms with Gasteiger partial charge in [-0.15, -0.1) is 11.3 Å². The number of hydrogen-bond acceptors (Lipinski definition) is 5. The zero-order chi connectivity index (χ0) is 14.5. The van der Waals surface area contributed by atoms with Crippen LogP contribution in [0.2, 0.25) is 0 Å². The topological polar surface area (TPSA) is 109 Å². The van der Waals surface area contributed by atoms with E-state index in [0.717, 1.165) is 11.3 Å². The molecule has 0 fully saturated rings. The fraction of sp³-hybridized carbons (Fsp3) is 0.0833. The van der Waals surface area contributed by atoms with Gasteiger partial charge in [0.25, 0.3) is 5.91 Å². The minimum Gasteiger partial charge on any atom is -0.477 e. The lowest BCUT2D eigenvalue weighted by Gasteiger charge is -2.03. The number of furan rings is 1. The average Bonchev–Trinajstić information content (AvgIpc) is 3.06. The first-order chi connectivity index (χ1) is 9.56. The SMILES string of the molecule is O=C(CNC(=O)c1ccco1)Nc1ccc(C(=O)O)s1. The summed E-state index contributed by atoms with van der Waals surface area (Å²) in [5.74, 6) is -1.89. The average molecular weight is 294 g/mol.